The number of aromatic amines is 1. The first-order valence-electron chi connectivity index (χ1n) is 9.64. The molecule has 0 aliphatic rings. The molecule has 0 amide bonds. The zero-order chi connectivity index (χ0) is 23.7. The second-order valence-corrected chi connectivity index (χ2v) is 8.30. The highest BCUT2D eigenvalue weighted by Crippen LogP contribution is 2.41. The van der Waals surface area contributed by atoms with E-state index in [1.54, 1.807) is 0 Å². The first-order chi connectivity index (χ1) is 14.8. The van der Waals surface area contributed by atoms with E-state index in [1.165, 1.54) is 44.3 Å². The van der Waals surface area contributed by atoms with Crippen molar-refractivity contribution >= 4 is 0 Å². The van der Waals surface area contributed by atoms with Crippen LogP contribution < -0.4 is 0 Å². The summed E-state index contributed by atoms with van der Waals surface area (Å²) >= 11 is 0. The largest absolute Gasteiger partial charge is 0.421 e. The van der Waals surface area contributed by atoms with Gasteiger partial charge in [0.1, 0.15) is 11.6 Å². The Balaban J connectivity index is 1.87. The number of hydrogen-bond donors (Lipinski definition) is 2. The molecule has 3 aromatic rings. The molecule has 0 aliphatic heterocycles. The number of aromatic nitrogens is 3. The van der Waals surface area contributed by atoms with E-state index in [9.17, 15) is 31.4 Å². The molecule has 0 spiro atoms. The highest BCUT2D eigenvalue weighted by Gasteiger charge is 2.55. The summed E-state index contributed by atoms with van der Waals surface area (Å²) in [6, 6.07) is 7.45. The van der Waals surface area contributed by atoms with Crippen molar-refractivity contribution in [2.75, 3.05) is 0 Å². The lowest BCUT2D eigenvalue weighted by Gasteiger charge is -2.30. The maximum Gasteiger partial charge on any atom is 0.421 e. The molecule has 3 rings (SSSR count). The Morgan fingerprint density at radius 1 is 0.938 bits per heavy atom. The molecule has 10 heteroatoms. The van der Waals surface area contributed by atoms with E-state index in [2.05, 4.69) is 15.0 Å². The lowest BCUT2D eigenvalue weighted by Crippen LogP contribution is -2.44. The Bertz CT molecular complexity index is 1040. The quantitative estimate of drug-likeness (QED) is 0.465. The smallest absolute Gasteiger partial charge is 0.376 e. The maximum absolute atomic E-state index is 13.9. The number of H-pyrrole nitrogens is 1. The van der Waals surface area contributed by atoms with E-state index < -0.39 is 41.4 Å². The average Bonchev–Trinajstić information content (AvgIpc) is 3.13. The van der Waals surface area contributed by atoms with Crippen molar-refractivity contribution in [1.29, 1.82) is 0 Å². The lowest BCUT2D eigenvalue weighted by atomic mass is 9.88. The summed E-state index contributed by atoms with van der Waals surface area (Å²) in [6.45, 7) is 2.67. The van der Waals surface area contributed by atoms with Crippen molar-refractivity contribution in [1.82, 2.24) is 15.0 Å². The van der Waals surface area contributed by atoms with Gasteiger partial charge in [-0.15, -0.1) is 0 Å². The molecular weight excluding hydrogens is 436 g/mol. The van der Waals surface area contributed by atoms with Gasteiger partial charge < -0.3 is 10.1 Å². The number of alkyl halides is 5. The van der Waals surface area contributed by atoms with E-state index in [0.29, 0.717) is 11.3 Å². The predicted molar refractivity (Wildman–Crippen MR) is 105 cm³/mol. The Morgan fingerprint density at radius 2 is 1.59 bits per heavy atom. The third kappa shape index (κ3) is 4.95. The third-order valence-corrected chi connectivity index (χ3v) is 5.20. The molecule has 0 saturated heterocycles. The van der Waals surface area contributed by atoms with Crippen molar-refractivity contribution in [3.63, 3.8) is 0 Å². The normalized spacial score (nSPS) is 14.6. The van der Waals surface area contributed by atoms with Crippen LogP contribution in [0, 0.1) is 11.2 Å². The molecule has 0 fully saturated rings. The van der Waals surface area contributed by atoms with Gasteiger partial charge in [0.15, 0.2) is 5.60 Å². The first-order valence-corrected chi connectivity index (χ1v) is 9.64. The van der Waals surface area contributed by atoms with E-state index in [4.69, 9.17) is 0 Å². The van der Waals surface area contributed by atoms with Gasteiger partial charge in [-0.1, -0.05) is 38.1 Å². The zero-order valence-electron chi connectivity index (χ0n) is 17.2. The number of pyridine rings is 1. The summed E-state index contributed by atoms with van der Waals surface area (Å²) in [4.78, 5) is 10.3. The Hall–Kier alpha value is -2.88. The fourth-order valence-corrected chi connectivity index (χ4v) is 3.22. The monoisotopic (exact) mass is 457 g/mol. The number of aliphatic hydroxyl groups is 1. The number of halogens is 6. The summed E-state index contributed by atoms with van der Waals surface area (Å²) in [5.41, 5.74) is -4.06. The number of imidazole rings is 1. The third-order valence-electron chi connectivity index (χ3n) is 5.20. The lowest BCUT2D eigenvalue weighted by molar-refractivity contribution is -0.266. The zero-order valence-corrected chi connectivity index (χ0v) is 17.2. The van der Waals surface area contributed by atoms with Crippen LogP contribution in [-0.4, -0.2) is 32.7 Å². The van der Waals surface area contributed by atoms with Crippen LogP contribution in [0.4, 0.5) is 26.3 Å². The van der Waals surface area contributed by atoms with Gasteiger partial charge in [0, 0.05) is 29.3 Å². The highest BCUT2D eigenvalue weighted by molar-refractivity contribution is 5.59. The molecule has 4 nitrogen and oxygen atoms in total. The highest BCUT2D eigenvalue weighted by atomic mass is 19.4. The van der Waals surface area contributed by atoms with Crippen molar-refractivity contribution in [3.8, 4) is 11.3 Å². The molecule has 0 radical (unpaired) electrons. The Kier molecular flexibility index (Phi) is 6.37. The number of rotatable bonds is 7. The van der Waals surface area contributed by atoms with Gasteiger partial charge in [0.2, 0.25) is 6.43 Å². The Labute approximate surface area is 180 Å². The van der Waals surface area contributed by atoms with Gasteiger partial charge in [-0.3, -0.25) is 4.98 Å². The van der Waals surface area contributed by atoms with Crippen LogP contribution in [0.1, 0.15) is 30.9 Å². The van der Waals surface area contributed by atoms with Gasteiger partial charge in [-0.2, -0.15) is 13.2 Å². The minimum atomic E-state index is -5.04. The molecule has 2 heterocycles. The fraction of sp³-hybridized carbons (Fsp3) is 0.364. The molecule has 0 aliphatic carbocycles. The van der Waals surface area contributed by atoms with Gasteiger partial charge >= 0.3 is 6.18 Å². The van der Waals surface area contributed by atoms with Crippen LogP contribution in [0.25, 0.3) is 11.3 Å². The van der Waals surface area contributed by atoms with E-state index in [0.717, 1.165) is 18.3 Å². The fourth-order valence-electron chi connectivity index (χ4n) is 3.22. The second kappa shape index (κ2) is 8.57. The first kappa shape index (κ1) is 23.8. The number of nitrogens with one attached hydrogen (secondary N) is 1. The molecule has 32 heavy (non-hydrogen) atoms. The van der Waals surface area contributed by atoms with Gasteiger partial charge in [-0.05, 0) is 24.1 Å². The van der Waals surface area contributed by atoms with Crippen molar-refractivity contribution in [2.24, 2.45) is 5.41 Å². The standard InChI is InChI=1S/C22H21F6N3O/c1-20(2,19(24)25)9-16-12-30-18(31-16)10-21(32,22(26,27)28)14-5-3-13(4-6-14)17-8-7-15(23)11-29-17/h3-8,11-12,19,32H,9-10H2,1-2H3,(H,30,31). The molecule has 2 N–H and O–H groups in total. The summed E-state index contributed by atoms with van der Waals surface area (Å²) in [6.07, 6.45) is -6.55. The van der Waals surface area contributed by atoms with Crippen LogP contribution >= 0.6 is 0 Å². The summed E-state index contributed by atoms with van der Waals surface area (Å²) in [5.74, 6) is -0.735. The molecule has 0 saturated carbocycles. The van der Waals surface area contributed by atoms with Crippen LogP contribution in [-0.2, 0) is 18.4 Å². The van der Waals surface area contributed by atoms with Crippen molar-refractivity contribution < 1.29 is 31.4 Å². The van der Waals surface area contributed by atoms with Gasteiger partial charge in [-0.25, -0.2) is 18.2 Å². The Morgan fingerprint density at radius 3 is 2.12 bits per heavy atom. The molecule has 1 unspecified atom stereocenters. The maximum atomic E-state index is 13.9. The van der Waals surface area contributed by atoms with Gasteiger partial charge in [0.05, 0.1) is 11.9 Å². The minimum absolute atomic E-state index is 0.124. The van der Waals surface area contributed by atoms with Crippen molar-refractivity contribution in [3.05, 3.63) is 71.7 Å². The topological polar surface area (TPSA) is 61.8 Å². The van der Waals surface area contributed by atoms with Crippen LogP contribution in [0.3, 0.4) is 0 Å². The number of hydrogen-bond acceptors (Lipinski definition) is 3. The molecule has 2 aromatic heterocycles. The number of benzene rings is 1. The molecule has 1 atom stereocenters. The van der Waals surface area contributed by atoms with E-state index in [-0.39, 0.29) is 17.9 Å². The average molecular weight is 457 g/mol. The van der Waals surface area contributed by atoms with Crippen LogP contribution in [0.15, 0.2) is 48.8 Å². The van der Waals surface area contributed by atoms with Crippen LogP contribution in [0.2, 0.25) is 0 Å². The predicted octanol–water partition coefficient (Wildman–Crippen LogP) is 5.44. The summed E-state index contributed by atoms with van der Waals surface area (Å²) in [7, 11) is 0. The molecule has 0 bridgehead atoms. The molecular formula is C22H21F6N3O. The van der Waals surface area contributed by atoms with Crippen LogP contribution in [0.5, 0.6) is 0 Å². The SMILES string of the molecule is CC(C)(Cc1cnc(CC(O)(c2ccc(-c3ccc(F)cn3)cc2)C(F)(F)F)[nH]1)C(F)F. The second-order valence-electron chi connectivity index (χ2n) is 8.30. The number of nitrogens with zero attached hydrogens (tertiary/aromatic N) is 2. The molecule has 172 valence electrons. The summed E-state index contributed by atoms with van der Waals surface area (Å²) < 4.78 is 80.8. The summed E-state index contributed by atoms with van der Waals surface area (Å²) in [5, 5.41) is 10.6. The minimum Gasteiger partial charge on any atom is -0.376 e. The van der Waals surface area contributed by atoms with E-state index >= 15 is 0 Å². The van der Waals surface area contributed by atoms with Crippen molar-refractivity contribution in [2.45, 2.75) is 44.9 Å². The van der Waals surface area contributed by atoms with Gasteiger partial charge in [0.25, 0.3) is 0 Å². The van der Waals surface area contributed by atoms with E-state index in [1.807, 2.05) is 0 Å². The molecule has 1 aromatic carbocycles.